The second-order valence-corrected chi connectivity index (χ2v) is 8.17. The third-order valence-electron chi connectivity index (χ3n) is 6.06. The largest absolute Gasteiger partial charge is 0.338 e. The third-order valence-corrected chi connectivity index (χ3v) is 6.06. The van der Waals surface area contributed by atoms with Crippen LogP contribution in [0.3, 0.4) is 0 Å². The SMILES string of the molecule is CCn1c(C)ccc(C(=O)N(CCc2ccccc2)CC2CCN(C)CC2)c1=O. The summed E-state index contributed by atoms with van der Waals surface area (Å²) in [6, 6.07) is 13.8. The highest BCUT2D eigenvalue weighted by molar-refractivity contribution is 5.93. The number of hydrogen-bond acceptors (Lipinski definition) is 3. The molecule has 1 amide bonds. The summed E-state index contributed by atoms with van der Waals surface area (Å²) in [7, 11) is 2.15. The van der Waals surface area contributed by atoms with E-state index in [0.717, 1.165) is 44.6 Å². The Morgan fingerprint density at radius 1 is 1.10 bits per heavy atom. The van der Waals surface area contributed by atoms with Gasteiger partial charge in [-0.25, -0.2) is 0 Å². The summed E-state index contributed by atoms with van der Waals surface area (Å²) in [6.45, 7) is 7.91. The van der Waals surface area contributed by atoms with Gasteiger partial charge in [-0.2, -0.15) is 0 Å². The van der Waals surface area contributed by atoms with Crippen LogP contribution in [0.15, 0.2) is 47.3 Å². The van der Waals surface area contributed by atoms with Gasteiger partial charge in [-0.3, -0.25) is 9.59 Å². The van der Waals surface area contributed by atoms with Crippen molar-refractivity contribution in [3.05, 3.63) is 69.6 Å². The van der Waals surface area contributed by atoms with Crippen molar-refractivity contribution in [2.75, 3.05) is 33.2 Å². The summed E-state index contributed by atoms with van der Waals surface area (Å²) >= 11 is 0. The van der Waals surface area contributed by atoms with Crippen molar-refractivity contribution in [1.29, 1.82) is 0 Å². The molecule has 1 aromatic carbocycles. The number of carbonyl (C=O) groups is 1. The van der Waals surface area contributed by atoms with Crippen LogP contribution in [0, 0.1) is 12.8 Å². The number of carbonyl (C=O) groups excluding carboxylic acids is 1. The van der Waals surface area contributed by atoms with E-state index < -0.39 is 0 Å². The van der Waals surface area contributed by atoms with Gasteiger partial charge in [-0.05, 0) is 76.9 Å². The van der Waals surface area contributed by atoms with Gasteiger partial charge >= 0.3 is 0 Å². The summed E-state index contributed by atoms with van der Waals surface area (Å²) in [6.07, 6.45) is 2.99. The molecule has 0 saturated carbocycles. The number of aromatic nitrogens is 1. The van der Waals surface area contributed by atoms with Gasteiger partial charge in [-0.15, -0.1) is 0 Å². The van der Waals surface area contributed by atoms with Crippen LogP contribution in [-0.4, -0.2) is 53.5 Å². The molecule has 0 radical (unpaired) electrons. The van der Waals surface area contributed by atoms with Crippen molar-refractivity contribution in [3.8, 4) is 0 Å². The average molecular weight is 396 g/mol. The summed E-state index contributed by atoms with van der Waals surface area (Å²) in [5, 5.41) is 0. The molecule has 1 fully saturated rings. The number of hydrogen-bond donors (Lipinski definition) is 0. The molecule has 1 aliphatic heterocycles. The van der Waals surface area contributed by atoms with E-state index in [1.54, 1.807) is 10.6 Å². The molecule has 2 heterocycles. The first-order chi connectivity index (χ1) is 14.0. The fourth-order valence-corrected chi connectivity index (χ4v) is 4.14. The molecular weight excluding hydrogens is 362 g/mol. The maximum absolute atomic E-state index is 13.4. The van der Waals surface area contributed by atoms with Gasteiger partial charge in [0.05, 0.1) is 0 Å². The van der Waals surface area contributed by atoms with Crippen LogP contribution in [0.5, 0.6) is 0 Å². The van der Waals surface area contributed by atoms with Gasteiger partial charge in [0, 0.05) is 25.3 Å². The van der Waals surface area contributed by atoms with Crippen LogP contribution in [-0.2, 0) is 13.0 Å². The zero-order chi connectivity index (χ0) is 20.8. The van der Waals surface area contributed by atoms with E-state index in [9.17, 15) is 9.59 Å². The Labute approximate surface area is 173 Å². The van der Waals surface area contributed by atoms with Gasteiger partial charge in [0.1, 0.15) is 5.56 Å². The maximum Gasteiger partial charge on any atom is 0.263 e. The minimum absolute atomic E-state index is 0.132. The monoisotopic (exact) mass is 395 g/mol. The predicted molar refractivity (Wildman–Crippen MR) is 117 cm³/mol. The lowest BCUT2D eigenvalue weighted by atomic mass is 9.96. The Balaban J connectivity index is 1.81. The number of rotatable bonds is 7. The van der Waals surface area contributed by atoms with Crippen molar-refractivity contribution in [3.63, 3.8) is 0 Å². The van der Waals surface area contributed by atoms with Crippen molar-refractivity contribution >= 4 is 5.91 Å². The summed E-state index contributed by atoms with van der Waals surface area (Å²) in [5.41, 5.74) is 2.22. The summed E-state index contributed by atoms with van der Waals surface area (Å²) in [5.74, 6) is 0.358. The minimum atomic E-state index is -0.175. The number of nitrogens with zero attached hydrogens (tertiary/aromatic N) is 3. The lowest BCUT2D eigenvalue weighted by molar-refractivity contribution is 0.0698. The highest BCUT2D eigenvalue weighted by atomic mass is 16.2. The predicted octanol–water partition coefficient (Wildman–Crippen LogP) is 3.20. The van der Waals surface area contributed by atoms with Crippen LogP contribution < -0.4 is 5.56 Å². The third kappa shape index (κ3) is 5.36. The number of benzene rings is 1. The Morgan fingerprint density at radius 3 is 2.45 bits per heavy atom. The maximum atomic E-state index is 13.4. The highest BCUT2D eigenvalue weighted by Crippen LogP contribution is 2.19. The van der Waals surface area contributed by atoms with Crippen LogP contribution >= 0.6 is 0 Å². The molecule has 1 aromatic heterocycles. The van der Waals surface area contributed by atoms with E-state index in [1.807, 2.05) is 43.0 Å². The molecule has 0 bridgehead atoms. The van der Waals surface area contributed by atoms with Crippen molar-refractivity contribution in [1.82, 2.24) is 14.4 Å². The minimum Gasteiger partial charge on any atom is -0.338 e. The zero-order valence-electron chi connectivity index (χ0n) is 17.9. The van der Waals surface area contributed by atoms with Crippen molar-refractivity contribution in [2.24, 2.45) is 5.92 Å². The van der Waals surface area contributed by atoms with Gasteiger partial charge in [-0.1, -0.05) is 30.3 Å². The highest BCUT2D eigenvalue weighted by Gasteiger charge is 2.25. The topological polar surface area (TPSA) is 45.6 Å². The summed E-state index contributed by atoms with van der Waals surface area (Å²) in [4.78, 5) is 30.5. The fraction of sp³-hybridized carbons (Fsp3) is 0.500. The molecular formula is C24H33N3O2. The molecule has 1 aliphatic rings. The van der Waals surface area contributed by atoms with Gasteiger partial charge in [0.15, 0.2) is 0 Å². The molecule has 0 unspecified atom stereocenters. The number of likely N-dealkylation sites (tertiary alicyclic amines) is 1. The number of amides is 1. The second-order valence-electron chi connectivity index (χ2n) is 8.17. The fourth-order valence-electron chi connectivity index (χ4n) is 4.14. The van der Waals surface area contributed by atoms with Crippen LogP contribution in [0.1, 0.15) is 41.4 Å². The Bertz CT molecular complexity index is 867. The molecule has 156 valence electrons. The molecule has 3 rings (SSSR count). The van der Waals surface area contributed by atoms with Gasteiger partial charge in [0.25, 0.3) is 11.5 Å². The molecule has 2 aromatic rings. The zero-order valence-corrected chi connectivity index (χ0v) is 17.9. The van der Waals surface area contributed by atoms with E-state index >= 15 is 0 Å². The number of pyridine rings is 1. The Hall–Kier alpha value is -2.40. The Kier molecular flexibility index (Phi) is 7.26. The van der Waals surface area contributed by atoms with Crippen LogP contribution in [0.2, 0.25) is 0 Å². The van der Waals surface area contributed by atoms with E-state index in [-0.39, 0.29) is 11.5 Å². The van der Waals surface area contributed by atoms with E-state index in [2.05, 4.69) is 24.1 Å². The molecule has 1 saturated heterocycles. The second kappa shape index (κ2) is 9.88. The standard InChI is InChI=1S/C24H33N3O2/c1-4-27-19(2)10-11-22(24(27)29)23(28)26(17-14-20-8-6-5-7-9-20)18-21-12-15-25(3)16-13-21/h5-11,21H,4,12-18H2,1-3H3. The lowest BCUT2D eigenvalue weighted by Crippen LogP contribution is -2.43. The van der Waals surface area contributed by atoms with E-state index in [0.29, 0.717) is 24.6 Å². The molecule has 0 N–H and O–H groups in total. The van der Waals surface area contributed by atoms with Crippen molar-refractivity contribution in [2.45, 2.75) is 39.7 Å². The van der Waals surface area contributed by atoms with Crippen LogP contribution in [0.25, 0.3) is 0 Å². The molecule has 5 nitrogen and oxygen atoms in total. The first-order valence-corrected chi connectivity index (χ1v) is 10.7. The lowest BCUT2D eigenvalue weighted by Gasteiger charge is -2.33. The average Bonchev–Trinajstić information content (AvgIpc) is 2.73. The normalized spacial score (nSPS) is 15.4. The number of aryl methyl sites for hydroxylation is 1. The van der Waals surface area contributed by atoms with Gasteiger partial charge in [0.2, 0.25) is 0 Å². The van der Waals surface area contributed by atoms with E-state index in [4.69, 9.17) is 0 Å². The van der Waals surface area contributed by atoms with Gasteiger partial charge < -0.3 is 14.4 Å². The molecule has 29 heavy (non-hydrogen) atoms. The van der Waals surface area contributed by atoms with Crippen LogP contribution in [0.4, 0.5) is 0 Å². The first kappa shape index (κ1) is 21.3. The molecule has 5 heteroatoms. The number of piperidine rings is 1. The molecule has 0 spiro atoms. The molecule has 0 atom stereocenters. The summed E-state index contributed by atoms with van der Waals surface area (Å²) < 4.78 is 1.68. The first-order valence-electron chi connectivity index (χ1n) is 10.7. The Morgan fingerprint density at radius 2 is 1.79 bits per heavy atom. The van der Waals surface area contributed by atoms with Crippen molar-refractivity contribution < 1.29 is 4.79 Å². The van der Waals surface area contributed by atoms with E-state index in [1.165, 1.54) is 5.56 Å². The quantitative estimate of drug-likeness (QED) is 0.723. The smallest absolute Gasteiger partial charge is 0.263 e. The molecule has 0 aliphatic carbocycles.